The quantitative estimate of drug-likeness (QED) is 0.466. The molecule has 0 bridgehead atoms. The van der Waals surface area contributed by atoms with Crippen molar-refractivity contribution < 1.29 is 18.7 Å². The van der Waals surface area contributed by atoms with Crippen LogP contribution in [0.5, 0.6) is 5.75 Å². The van der Waals surface area contributed by atoms with Gasteiger partial charge in [-0.05, 0) is 18.6 Å². The Bertz CT molecular complexity index is 692. The normalized spacial score (nSPS) is 10.6. The summed E-state index contributed by atoms with van der Waals surface area (Å²) in [4.78, 5) is 23.0. The third-order valence-corrected chi connectivity index (χ3v) is 3.06. The lowest BCUT2D eigenvalue weighted by molar-refractivity contribution is -0.142. The van der Waals surface area contributed by atoms with Gasteiger partial charge in [-0.2, -0.15) is 0 Å². The van der Waals surface area contributed by atoms with Gasteiger partial charge in [0.1, 0.15) is 24.2 Å². The van der Waals surface area contributed by atoms with Gasteiger partial charge < -0.3 is 13.9 Å². The van der Waals surface area contributed by atoms with Crippen LogP contribution in [0.15, 0.2) is 33.7 Å². The highest BCUT2D eigenvalue weighted by atomic mass is 35.5. The van der Waals surface area contributed by atoms with Crippen LogP contribution in [-0.4, -0.2) is 18.5 Å². The maximum absolute atomic E-state index is 12.2. The summed E-state index contributed by atoms with van der Waals surface area (Å²) < 4.78 is 15.7. The van der Waals surface area contributed by atoms with Gasteiger partial charge in [0.2, 0.25) is 0 Å². The molecule has 0 fully saturated rings. The average molecular weight is 311 g/mol. The summed E-state index contributed by atoms with van der Waals surface area (Å²) in [6, 6.07) is 4.98. The minimum atomic E-state index is -0.447. The van der Waals surface area contributed by atoms with Gasteiger partial charge in [-0.1, -0.05) is 0 Å². The summed E-state index contributed by atoms with van der Waals surface area (Å²) >= 11 is 5.58. The Morgan fingerprint density at radius 1 is 1.38 bits per heavy atom. The number of hydrogen-bond donors (Lipinski definition) is 0. The van der Waals surface area contributed by atoms with E-state index in [0.717, 1.165) is 6.42 Å². The molecule has 0 N–H and O–H groups in total. The van der Waals surface area contributed by atoms with Crippen molar-refractivity contribution >= 4 is 28.5 Å². The van der Waals surface area contributed by atoms with E-state index in [-0.39, 0.29) is 12.0 Å². The molecule has 2 rings (SSSR count). The molecular formula is C15H15ClO5. The van der Waals surface area contributed by atoms with Crippen LogP contribution in [0.2, 0.25) is 0 Å². The Kier molecular flexibility index (Phi) is 5.22. The van der Waals surface area contributed by atoms with Crippen LogP contribution in [0.4, 0.5) is 0 Å². The van der Waals surface area contributed by atoms with Crippen LogP contribution in [0, 0.1) is 0 Å². The predicted octanol–water partition coefficient (Wildman–Crippen LogP) is 2.86. The molecule has 0 amide bonds. The third-order valence-electron chi connectivity index (χ3n) is 2.80. The number of rotatable bonds is 6. The van der Waals surface area contributed by atoms with E-state index in [1.807, 2.05) is 0 Å². The van der Waals surface area contributed by atoms with Crippen molar-refractivity contribution in [3.8, 4) is 5.75 Å². The van der Waals surface area contributed by atoms with Crippen molar-refractivity contribution in [2.24, 2.45) is 0 Å². The zero-order chi connectivity index (χ0) is 15.2. The zero-order valence-corrected chi connectivity index (χ0v) is 12.3. The fourth-order valence-electron chi connectivity index (χ4n) is 1.76. The standard InChI is InChI=1S/C15H15ClO5/c1-10(17)20-8-11-9-21-14-7-12(19-6-2-5-16)3-4-13(14)15(11)18/h3-4,7,9H,2,5-6,8H2,1H3. The lowest BCUT2D eigenvalue weighted by atomic mass is 10.2. The van der Waals surface area contributed by atoms with E-state index in [1.165, 1.54) is 13.2 Å². The van der Waals surface area contributed by atoms with Crippen molar-refractivity contribution in [1.29, 1.82) is 0 Å². The van der Waals surface area contributed by atoms with Crippen LogP contribution in [-0.2, 0) is 16.1 Å². The summed E-state index contributed by atoms with van der Waals surface area (Å²) in [6.45, 7) is 1.69. The molecule has 5 nitrogen and oxygen atoms in total. The molecule has 0 aliphatic heterocycles. The first-order chi connectivity index (χ1) is 10.1. The molecule has 1 aromatic heterocycles. The number of esters is 1. The molecule has 0 aliphatic carbocycles. The predicted molar refractivity (Wildman–Crippen MR) is 78.8 cm³/mol. The highest BCUT2D eigenvalue weighted by Crippen LogP contribution is 2.19. The highest BCUT2D eigenvalue weighted by molar-refractivity contribution is 6.17. The number of carbonyl (C=O) groups excluding carboxylic acids is 1. The number of ether oxygens (including phenoxy) is 2. The van der Waals surface area contributed by atoms with Gasteiger partial charge in [-0.15, -0.1) is 11.6 Å². The van der Waals surface area contributed by atoms with Gasteiger partial charge in [0.05, 0.1) is 17.6 Å². The van der Waals surface area contributed by atoms with Crippen LogP contribution < -0.4 is 10.2 Å². The largest absolute Gasteiger partial charge is 0.493 e. The summed E-state index contributed by atoms with van der Waals surface area (Å²) in [5.41, 5.74) is 0.508. The van der Waals surface area contributed by atoms with E-state index in [9.17, 15) is 9.59 Å². The lowest BCUT2D eigenvalue weighted by Gasteiger charge is -2.06. The Balaban J connectivity index is 2.24. The maximum atomic E-state index is 12.2. The number of hydrogen-bond acceptors (Lipinski definition) is 5. The Morgan fingerprint density at radius 3 is 2.90 bits per heavy atom. The lowest BCUT2D eigenvalue weighted by Crippen LogP contribution is -2.11. The van der Waals surface area contributed by atoms with Crippen molar-refractivity contribution in [3.63, 3.8) is 0 Å². The van der Waals surface area contributed by atoms with Crippen LogP contribution >= 0.6 is 11.6 Å². The smallest absolute Gasteiger partial charge is 0.302 e. The van der Waals surface area contributed by atoms with Gasteiger partial charge in [-0.25, -0.2) is 0 Å². The minimum Gasteiger partial charge on any atom is -0.493 e. The van der Waals surface area contributed by atoms with Gasteiger partial charge in [-0.3, -0.25) is 9.59 Å². The summed E-state index contributed by atoms with van der Waals surface area (Å²) in [5, 5.41) is 0.421. The topological polar surface area (TPSA) is 65.7 Å². The van der Waals surface area contributed by atoms with Crippen molar-refractivity contribution in [3.05, 3.63) is 40.2 Å². The molecule has 21 heavy (non-hydrogen) atoms. The van der Waals surface area contributed by atoms with Crippen molar-refractivity contribution in [2.75, 3.05) is 12.5 Å². The second-order valence-corrected chi connectivity index (χ2v) is 4.80. The molecule has 0 spiro atoms. The van der Waals surface area contributed by atoms with E-state index >= 15 is 0 Å². The number of carbonyl (C=O) groups is 1. The van der Waals surface area contributed by atoms with E-state index in [1.54, 1.807) is 18.2 Å². The number of benzene rings is 1. The van der Waals surface area contributed by atoms with Crippen molar-refractivity contribution in [2.45, 2.75) is 20.0 Å². The Hall–Kier alpha value is -2.01. The molecule has 2 aromatic rings. The van der Waals surface area contributed by atoms with E-state index < -0.39 is 5.97 Å². The Labute approximate surface area is 126 Å². The van der Waals surface area contributed by atoms with Crippen molar-refractivity contribution in [1.82, 2.24) is 0 Å². The third kappa shape index (κ3) is 3.98. The highest BCUT2D eigenvalue weighted by Gasteiger charge is 2.09. The molecule has 0 unspecified atom stereocenters. The molecule has 0 radical (unpaired) electrons. The maximum Gasteiger partial charge on any atom is 0.302 e. The SMILES string of the molecule is CC(=O)OCc1coc2cc(OCCCCl)ccc2c1=O. The summed E-state index contributed by atoms with van der Waals surface area (Å²) in [5.74, 6) is 0.698. The fourth-order valence-corrected chi connectivity index (χ4v) is 1.87. The second-order valence-electron chi connectivity index (χ2n) is 4.42. The molecule has 0 atom stereocenters. The van der Waals surface area contributed by atoms with Gasteiger partial charge in [0.25, 0.3) is 0 Å². The molecule has 6 heteroatoms. The van der Waals surface area contributed by atoms with Crippen LogP contribution in [0.25, 0.3) is 11.0 Å². The number of alkyl halides is 1. The first-order valence-electron chi connectivity index (χ1n) is 6.48. The van der Waals surface area contributed by atoms with Crippen LogP contribution in [0.1, 0.15) is 18.9 Å². The molecule has 0 saturated carbocycles. The molecule has 112 valence electrons. The first kappa shape index (κ1) is 15.4. The molecule has 0 aliphatic rings. The van der Waals surface area contributed by atoms with Crippen LogP contribution in [0.3, 0.4) is 0 Å². The second kappa shape index (κ2) is 7.13. The average Bonchev–Trinajstić information content (AvgIpc) is 2.46. The van der Waals surface area contributed by atoms with Gasteiger partial charge in [0, 0.05) is 18.9 Å². The molecule has 0 saturated heterocycles. The monoisotopic (exact) mass is 310 g/mol. The van der Waals surface area contributed by atoms with E-state index in [4.69, 9.17) is 25.5 Å². The summed E-state index contributed by atoms with van der Waals surface area (Å²) in [7, 11) is 0. The minimum absolute atomic E-state index is 0.0957. The fraction of sp³-hybridized carbons (Fsp3) is 0.333. The molecular weight excluding hydrogens is 296 g/mol. The molecule has 1 aromatic carbocycles. The van der Waals surface area contributed by atoms with Gasteiger partial charge >= 0.3 is 5.97 Å². The number of fused-ring (bicyclic) bond motifs is 1. The first-order valence-corrected chi connectivity index (χ1v) is 7.02. The van der Waals surface area contributed by atoms with E-state index in [0.29, 0.717) is 34.8 Å². The summed E-state index contributed by atoms with van der Waals surface area (Å²) in [6.07, 6.45) is 2.04. The zero-order valence-electron chi connectivity index (χ0n) is 11.6. The Morgan fingerprint density at radius 2 is 2.19 bits per heavy atom. The molecule has 1 heterocycles. The number of halogens is 1. The van der Waals surface area contributed by atoms with E-state index in [2.05, 4.69) is 0 Å². The van der Waals surface area contributed by atoms with Gasteiger partial charge in [0.15, 0.2) is 5.43 Å².